The van der Waals surface area contributed by atoms with E-state index in [4.69, 9.17) is 0 Å². The van der Waals surface area contributed by atoms with Crippen molar-refractivity contribution in [2.24, 2.45) is 23.7 Å². The fourth-order valence-electron chi connectivity index (χ4n) is 4.65. The molecule has 0 aromatic rings. The highest BCUT2D eigenvalue weighted by molar-refractivity contribution is 4.90. The van der Waals surface area contributed by atoms with E-state index in [9.17, 15) is 0 Å². The summed E-state index contributed by atoms with van der Waals surface area (Å²) in [6.45, 7) is 8.37. The molecular weight excluding hydrogens is 230 g/mol. The lowest BCUT2D eigenvalue weighted by atomic mass is 9.74. The molecule has 112 valence electrons. The van der Waals surface area contributed by atoms with Crippen molar-refractivity contribution >= 4 is 0 Å². The molecule has 0 aromatic heterocycles. The van der Waals surface area contributed by atoms with Crippen molar-refractivity contribution in [3.05, 3.63) is 0 Å². The monoisotopic (exact) mass is 265 g/mol. The molecule has 2 saturated carbocycles. The van der Waals surface area contributed by atoms with Gasteiger partial charge in [0.15, 0.2) is 0 Å². The van der Waals surface area contributed by atoms with E-state index in [0.717, 1.165) is 29.7 Å². The van der Waals surface area contributed by atoms with Crippen LogP contribution in [0.2, 0.25) is 0 Å². The molecule has 2 aliphatic rings. The minimum absolute atomic E-state index is 0.833. The van der Waals surface area contributed by atoms with Crippen LogP contribution in [0, 0.1) is 23.7 Å². The van der Waals surface area contributed by atoms with E-state index in [1.165, 1.54) is 64.3 Å². The van der Waals surface area contributed by atoms with Gasteiger partial charge in [-0.1, -0.05) is 46.5 Å². The minimum atomic E-state index is 0.833. The molecule has 5 unspecified atom stereocenters. The van der Waals surface area contributed by atoms with Crippen molar-refractivity contribution in [3.63, 3.8) is 0 Å². The molecule has 0 saturated heterocycles. The van der Waals surface area contributed by atoms with E-state index in [2.05, 4.69) is 26.1 Å². The van der Waals surface area contributed by atoms with Gasteiger partial charge in [-0.05, 0) is 62.3 Å². The third-order valence-corrected chi connectivity index (χ3v) is 5.78. The average molecular weight is 265 g/mol. The third-order valence-electron chi connectivity index (χ3n) is 5.78. The number of hydrogen-bond donors (Lipinski definition) is 1. The summed E-state index contributed by atoms with van der Waals surface area (Å²) in [7, 11) is 0. The first-order valence-electron chi connectivity index (χ1n) is 8.97. The van der Waals surface area contributed by atoms with E-state index in [1.807, 2.05) is 0 Å². The number of hydrogen-bond acceptors (Lipinski definition) is 1. The lowest BCUT2D eigenvalue weighted by molar-refractivity contribution is 0.175. The lowest BCUT2D eigenvalue weighted by Crippen LogP contribution is -2.43. The normalized spacial score (nSPS) is 37.4. The molecule has 5 atom stereocenters. The van der Waals surface area contributed by atoms with Gasteiger partial charge in [0.1, 0.15) is 0 Å². The highest BCUT2D eigenvalue weighted by Crippen LogP contribution is 2.41. The molecule has 2 rings (SSSR count). The van der Waals surface area contributed by atoms with Crippen LogP contribution in [-0.2, 0) is 0 Å². The molecule has 0 radical (unpaired) electrons. The van der Waals surface area contributed by atoms with Gasteiger partial charge in [-0.3, -0.25) is 0 Å². The van der Waals surface area contributed by atoms with Gasteiger partial charge in [0.25, 0.3) is 0 Å². The Hall–Kier alpha value is -0.0400. The Labute approximate surface area is 120 Å². The zero-order valence-corrected chi connectivity index (χ0v) is 13.5. The van der Waals surface area contributed by atoms with E-state index in [0.29, 0.717) is 0 Å². The number of nitrogens with one attached hydrogen (secondary N) is 1. The van der Waals surface area contributed by atoms with Gasteiger partial charge < -0.3 is 5.32 Å². The third kappa shape index (κ3) is 4.21. The first kappa shape index (κ1) is 15.4. The summed E-state index contributed by atoms with van der Waals surface area (Å²) in [5, 5.41) is 3.95. The Morgan fingerprint density at radius 1 is 1.00 bits per heavy atom. The standard InChI is InChI=1S/C18H35N/c1-4-11-19-18(16-8-6-7-14(3)12-16)17-10-9-15(5-2)13-17/h14-19H,4-13H2,1-3H3. The lowest BCUT2D eigenvalue weighted by Gasteiger charge is -2.37. The Morgan fingerprint density at radius 3 is 2.42 bits per heavy atom. The van der Waals surface area contributed by atoms with Crippen LogP contribution in [0.1, 0.15) is 78.6 Å². The molecule has 2 aliphatic carbocycles. The zero-order chi connectivity index (χ0) is 13.7. The van der Waals surface area contributed by atoms with Crippen molar-refractivity contribution in [1.82, 2.24) is 5.32 Å². The van der Waals surface area contributed by atoms with E-state index in [1.54, 1.807) is 0 Å². The molecule has 0 amide bonds. The molecule has 0 heterocycles. The molecule has 0 spiro atoms. The van der Waals surface area contributed by atoms with Gasteiger partial charge >= 0.3 is 0 Å². The van der Waals surface area contributed by atoms with Crippen LogP contribution in [0.25, 0.3) is 0 Å². The van der Waals surface area contributed by atoms with Crippen LogP contribution >= 0.6 is 0 Å². The maximum Gasteiger partial charge on any atom is 0.0124 e. The second-order valence-corrected chi connectivity index (χ2v) is 7.36. The largest absolute Gasteiger partial charge is 0.313 e. The van der Waals surface area contributed by atoms with Gasteiger partial charge in [0, 0.05) is 6.04 Å². The summed E-state index contributed by atoms with van der Waals surface area (Å²) in [6, 6.07) is 0.833. The van der Waals surface area contributed by atoms with Gasteiger partial charge in [-0.2, -0.15) is 0 Å². The predicted molar refractivity (Wildman–Crippen MR) is 84.3 cm³/mol. The van der Waals surface area contributed by atoms with Crippen molar-refractivity contribution in [1.29, 1.82) is 0 Å². The van der Waals surface area contributed by atoms with Crippen LogP contribution in [0.5, 0.6) is 0 Å². The highest BCUT2D eigenvalue weighted by Gasteiger charge is 2.35. The average Bonchev–Trinajstić information content (AvgIpc) is 2.88. The molecule has 1 N–H and O–H groups in total. The van der Waals surface area contributed by atoms with Crippen molar-refractivity contribution in [3.8, 4) is 0 Å². The quantitative estimate of drug-likeness (QED) is 0.712. The topological polar surface area (TPSA) is 12.0 Å². The van der Waals surface area contributed by atoms with Crippen LogP contribution in [0.4, 0.5) is 0 Å². The Bertz CT molecular complexity index is 250. The molecule has 1 heteroatoms. The summed E-state index contributed by atoms with van der Waals surface area (Å²) in [5.41, 5.74) is 0. The summed E-state index contributed by atoms with van der Waals surface area (Å²) in [6.07, 6.45) is 13.1. The molecule has 19 heavy (non-hydrogen) atoms. The Balaban J connectivity index is 1.94. The summed E-state index contributed by atoms with van der Waals surface area (Å²) >= 11 is 0. The molecule has 2 fully saturated rings. The number of rotatable bonds is 6. The predicted octanol–water partition coefficient (Wildman–Crippen LogP) is 5.01. The van der Waals surface area contributed by atoms with E-state index >= 15 is 0 Å². The zero-order valence-electron chi connectivity index (χ0n) is 13.5. The van der Waals surface area contributed by atoms with Gasteiger partial charge in [0.05, 0.1) is 0 Å². The minimum Gasteiger partial charge on any atom is -0.313 e. The Morgan fingerprint density at radius 2 is 1.79 bits per heavy atom. The molecule has 0 bridgehead atoms. The second kappa shape index (κ2) is 7.67. The summed E-state index contributed by atoms with van der Waals surface area (Å²) in [5.74, 6) is 3.94. The van der Waals surface area contributed by atoms with E-state index < -0.39 is 0 Å². The van der Waals surface area contributed by atoms with Crippen LogP contribution in [0.3, 0.4) is 0 Å². The molecular formula is C18H35N. The SMILES string of the molecule is CCCNC(C1CCCC(C)C1)C1CCC(CC)C1. The summed E-state index contributed by atoms with van der Waals surface area (Å²) < 4.78 is 0. The van der Waals surface area contributed by atoms with Gasteiger partial charge in [-0.25, -0.2) is 0 Å². The summed E-state index contributed by atoms with van der Waals surface area (Å²) in [4.78, 5) is 0. The van der Waals surface area contributed by atoms with Crippen molar-refractivity contribution in [2.45, 2.75) is 84.6 Å². The second-order valence-electron chi connectivity index (χ2n) is 7.36. The maximum absolute atomic E-state index is 3.95. The smallest absolute Gasteiger partial charge is 0.0124 e. The fraction of sp³-hybridized carbons (Fsp3) is 1.00. The van der Waals surface area contributed by atoms with Crippen molar-refractivity contribution in [2.75, 3.05) is 6.54 Å². The Kier molecular flexibility index (Phi) is 6.19. The molecule has 1 nitrogen and oxygen atoms in total. The maximum atomic E-state index is 3.95. The molecule has 0 aromatic carbocycles. The fourth-order valence-corrected chi connectivity index (χ4v) is 4.65. The van der Waals surface area contributed by atoms with Crippen LogP contribution in [0.15, 0.2) is 0 Å². The van der Waals surface area contributed by atoms with Gasteiger partial charge in [-0.15, -0.1) is 0 Å². The molecule has 0 aliphatic heterocycles. The first-order valence-corrected chi connectivity index (χ1v) is 8.97. The van der Waals surface area contributed by atoms with Crippen LogP contribution in [-0.4, -0.2) is 12.6 Å². The van der Waals surface area contributed by atoms with Gasteiger partial charge in [0.2, 0.25) is 0 Å². The van der Waals surface area contributed by atoms with E-state index in [-0.39, 0.29) is 0 Å². The highest BCUT2D eigenvalue weighted by atomic mass is 14.9. The first-order chi connectivity index (χ1) is 9.24. The van der Waals surface area contributed by atoms with Crippen molar-refractivity contribution < 1.29 is 0 Å². The van der Waals surface area contributed by atoms with Crippen LogP contribution < -0.4 is 5.32 Å².